The zero-order chi connectivity index (χ0) is 14.0. The van der Waals surface area contributed by atoms with Crippen LogP contribution in [0.2, 0.25) is 0 Å². The Hall–Kier alpha value is -2.02. The molecule has 0 spiro atoms. The highest BCUT2D eigenvalue weighted by Gasteiger charge is 2.09. The molecule has 0 aliphatic heterocycles. The first kappa shape index (κ1) is 13.4. The maximum atomic E-state index is 12.0. The molecular formula is C12H10BrN3O3. The Balaban J connectivity index is 2.37. The number of nitrogens with zero attached hydrogens (tertiary/aromatic N) is 3. The second kappa shape index (κ2) is 5.31. The second-order valence-corrected chi connectivity index (χ2v) is 4.80. The summed E-state index contributed by atoms with van der Waals surface area (Å²) < 4.78 is 1.80. The van der Waals surface area contributed by atoms with Crippen molar-refractivity contribution in [2.75, 3.05) is 0 Å². The molecule has 0 atom stereocenters. The number of non-ortho nitro benzene ring substituents is 1. The molecule has 98 valence electrons. The van der Waals surface area contributed by atoms with Crippen molar-refractivity contribution in [1.82, 2.24) is 9.55 Å². The average Bonchev–Trinajstić information content (AvgIpc) is 2.40. The van der Waals surface area contributed by atoms with Gasteiger partial charge in [-0.25, -0.2) is 4.98 Å². The molecule has 0 aliphatic rings. The smallest absolute Gasteiger partial charge is 0.269 e. The van der Waals surface area contributed by atoms with E-state index in [1.807, 2.05) is 0 Å². The number of hydrogen-bond donors (Lipinski definition) is 0. The van der Waals surface area contributed by atoms with E-state index in [1.54, 1.807) is 19.1 Å². The Kier molecular flexibility index (Phi) is 3.75. The highest BCUT2D eigenvalue weighted by Crippen LogP contribution is 2.14. The van der Waals surface area contributed by atoms with E-state index in [2.05, 4.69) is 20.9 Å². The summed E-state index contributed by atoms with van der Waals surface area (Å²) >= 11 is 3.18. The summed E-state index contributed by atoms with van der Waals surface area (Å²) in [4.78, 5) is 26.3. The van der Waals surface area contributed by atoms with Gasteiger partial charge in [0.2, 0.25) is 0 Å². The van der Waals surface area contributed by atoms with Gasteiger partial charge in [-0.2, -0.15) is 0 Å². The van der Waals surface area contributed by atoms with Crippen molar-refractivity contribution in [2.45, 2.75) is 13.5 Å². The molecule has 7 heteroatoms. The molecule has 0 amide bonds. The molecule has 0 unspecified atom stereocenters. The summed E-state index contributed by atoms with van der Waals surface area (Å²) in [5.74, 6) is 0. The highest BCUT2D eigenvalue weighted by molar-refractivity contribution is 9.10. The van der Waals surface area contributed by atoms with Crippen LogP contribution < -0.4 is 5.56 Å². The van der Waals surface area contributed by atoms with Crippen molar-refractivity contribution in [1.29, 1.82) is 0 Å². The van der Waals surface area contributed by atoms with E-state index in [9.17, 15) is 14.9 Å². The maximum absolute atomic E-state index is 12.0. The molecule has 0 bridgehead atoms. The topological polar surface area (TPSA) is 78.0 Å². The minimum Gasteiger partial charge on any atom is -0.294 e. The minimum atomic E-state index is -0.463. The largest absolute Gasteiger partial charge is 0.294 e. The van der Waals surface area contributed by atoms with Gasteiger partial charge in [-0.3, -0.25) is 19.5 Å². The standard InChI is InChI=1S/C12H10BrN3O3/c1-8-11(13)12(17)15(7-14-8)6-9-3-2-4-10(5-9)16(18)19/h2-5,7H,6H2,1H3. The van der Waals surface area contributed by atoms with Gasteiger partial charge in [0, 0.05) is 12.1 Å². The van der Waals surface area contributed by atoms with Crippen LogP contribution in [0.4, 0.5) is 5.69 Å². The molecule has 1 aromatic heterocycles. The van der Waals surface area contributed by atoms with E-state index in [-0.39, 0.29) is 17.8 Å². The molecule has 6 nitrogen and oxygen atoms in total. The van der Waals surface area contributed by atoms with E-state index in [0.29, 0.717) is 15.7 Å². The van der Waals surface area contributed by atoms with E-state index in [0.717, 1.165) is 0 Å². The number of rotatable bonds is 3. The predicted octanol–water partition coefficient (Wildman–Crippen LogP) is 2.27. The van der Waals surface area contributed by atoms with Crippen molar-refractivity contribution in [3.63, 3.8) is 0 Å². The maximum Gasteiger partial charge on any atom is 0.269 e. The summed E-state index contributed by atoms with van der Waals surface area (Å²) in [5.41, 5.74) is 1.08. The zero-order valence-corrected chi connectivity index (χ0v) is 11.6. The van der Waals surface area contributed by atoms with Crippen molar-refractivity contribution in [3.05, 3.63) is 66.8 Å². The van der Waals surface area contributed by atoms with Crippen molar-refractivity contribution in [3.8, 4) is 0 Å². The van der Waals surface area contributed by atoms with Crippen LogP contribution in [0.5, 0.6) is 0 Å². The fourth-order valence-corrected chi connectivity index (χ4v) is 1.95. The summed E-state index contributed by atoms with van der Waals surface area (Å²) in [6.45, 7) is 1.97. The Morgan fingerprint density at radius 2 is 2.21 bits per heavy atom. The van der Waals surface area contributed by atoms with Crippen molar-refractivity contribution < 1.29 is 4.92 Å². The average molecular weight is 324 g/mol. The molecule has 0 radical (unpaired) electrons. The van der Waals surface area contributed by atoms with Gasteiger partial charge in [-0.1, -0.05) is 12.1 Å². The van der Waals surface area contributed by atoms with Gasteiger partial charge in [0.25, 0.3) is 11.2 Å². The molecule has 0 aliphatic carbocycles. The summed E-state index contributed by atoms with van der Waals surface area (Å²) in [6.07, 6.45) is 1.43. The molecule has 2 rings (SSSR count). The van der Waals surface area contributed by atoms with Crippen molar-refractivity contribution >= 4 is 21.6 Å². The monoisotopic (exact) mass is 323 g/mol. The van der Waals surface area contributed by atoms with E-state index in [4.69, 9.17) is 0 Å². The lowest BCUT2D eigenvalue weighted by molar-refractivity contribution is -0.384. The molecular weight excluding hydrogens is 314 g/mol. The van der Waals surface area contributed by atoms with Gasteiger partial charge in [0.15, 0.2) is 0 Å². The normalized spacial score (nSPS) is 10.4. The number of benzene rings is 1. The van der Waals surface area contributed by atoms with Crippen LogP contribution >= 0.6 is 15.9 Å². The first-order valence-corrected chi connectivity index (χ1v) is 6.23. The summed E-state index contributed by atoms with van der Waals surface area (Å²) in [6, 6.07) is 6.18. The molecule has 1 heterocycles. The van der Waals surface area contributed by atoms with Crippen LogP contribution in [-0.2, 0) is 6.54 Å². The third kappa shape index (κ3) is 2.87. The Labute approximate surface area is 117 Å². The van der Waals surface area contributed by atoms with Gasteiger partial charge in [-0.05, 0) is 28.4 Å². The Morgan fingerprint density at radius 3 is 2.89 bits per heavy atom. The third-order valence-electron chi connectivity index (χ3n) is 2.63. The van der Waals surface area contributed by atoms with E-state index in [1.165, 1.54) is 23.0 Å². The molecule has 0 N–H and O–H groups in total. The lowest BCUT2D eigenvalue weighted by Crippen LogP contribution is -2.22. The van der Waals surface area contributed by atoms with Gasteiger partial charge in [0.05, 0.1) is 23.5 Å². The van der Waals surface area contributed by atoms with E-state index < -0.39 is 4.92 Å². The molecule has 0 saturated heterocycles. The number of nitro groups is 1. The number of halogens is 1. The number of aryl methyl sites for hydroxylation is 1. The van der Waals surface area contributed by atoms with Gasteiger partial charge < -0.3 is 0 Å². The van der Waals surface area contributed by atoms with Gasteiger partial charge >= 0.3 is 0 Å². The first-order chi connectivity index (χ1) is 8.99. The lowest BCUT2D eigenvalue weighted by atomic mass is 10.2. The number of hydrogen-bond acceptors (Lipinski definition) is 4. The highest BCUT2D eigenvalue weighted by atomic mass is 79.9. The van der Waals surface area contributed by atoms with Crippen LogP contribution in [0.3, 0.4) is 0 Å². The second-order valence-electron chi connectivity index (χ2n) is 4.00. The predicted molar refractivity (Wildman–Crippen MR) is 73.1 cm³/mol. The van der Waals surface area contributed by atoms with Crippen LogP contribution in [0.1, 0.15) is 11.3 Å². The first-order valence-electron chi connectivity index (χ1n) is 5.44. The lowest BCUT2D eigenvalue weighted by Gasteiger charge is -2.06. The molecule has 1 aromatic carbocycles. The van der Waals surface area contributed by atoms with Crippen LogP contribution in [0, 0.1) is 17.0 Å². The van der Waals surface area contributed by atoms with Crippen LogP contribution in [0.25, 0.3) is 0 Å². The molecule has 0 saturated carbocycles. The molecule has 19 heavy (non-hydrogen) atoms. The molecule has 2 aromatic rings. The number of nitro benzene ring substituents is 1. The van der Waals surface area contributed by atoms with Gasteiger partial charge in [-0.15, -0.1) is 0 Å². The van der Waals surface area contributed by atoms with E-state index >= 15 is 0 Å². The summed E-state index contributed by atoms with van der Waals surface area (Å²) in [7, 11) is 0. The zero-order valence-electron chi connectivity index (χ0n) is 10.0. The van der Waals surface area contributed by atoms with Crippen LogP contribution in [0.15, 0.2) is 39.9 Å². The Bertz CT molecular complexity index is 697. The molecule has 0 fully saturated rings. The SMILES string of the molecule is Cc1ncn(Cc2cccc([N+](=O)[O-])c2)c(=O)c1Br. The summed E-state index contributed by atoms with van der Waals surface area (Å²) in [5, 5.41) is 10.7. The quantitative estimate of drug-likeness (QED) is 0.641. The van der Waals surface area contributed by atoms with Crippen LogP contribution in [-0.4, -0.2) is 14.5 Å². The minimum absolute atomic E-state index is 0.00434. The third-order valence-corrected chi connectivity index (χ3v) is 3.54. The van der Waals surface area contributed by atoms with Gasteiger partial charge in [0.1, 0.15) is 4.47 Å². The number of aromatic nitrogens is 2. The van der Waals surface area contributed by atoms with Crippen molar-refractivity contribution in [2.24, 2.45) is 0 Å². The fraction of sp³-hybridized carbons (Fsp3) is 0.167. The Morgan fingerprint density at radius 1 is 1.47 bits per heavy atom. The fourth-order valence-electron chi connectivity index (χ4n) is 1.62.